The summed E-state index contributed by atoms with van der Waals surface area (Å²) in [6.45, 7) is -0.808. The fourth-order valence-electron chi connectivity index (χ4n) is 2.17. The minimum absolute atomic E-state index is 0.0974. The van der Waals surface area contributed by atoms with Crippen molar-refractivity contribution in [3.05, 3.63) is 29.3 Å². The lowest BCUT2D eigenvalue weighted by Gasteiger charge is -2.23. The molecule has 0 saturated heterocycles. The summed E-state index contributed by atoms with van der Waals surface area (Å²) in [5.41, 5.74) is 7.99. The maximum Gasteiger partial charge on any atom is 0.417 e. The highest BCUT2D eigenvalue weighted by Crippen LogP contribution is 2.31. The molecule has 1 unspecified atom stereocenters. The number of hydrogen-bond donors (Lipinski definition) is 2. The van der Waals surface area contributed by atoms with Crippen molar-refractivity contribution in [2.45, 2.75) is 37.6 Å². The fourth-order valence-corrected chi connectivity index (χ4v) is 2.17. The van der Waals surface area contributed by atoms with Crippen LogP contribution in [0.15, 0.2) is 18.2 Å². The van der Waals surface area contributed by atoms with E-state index in [0.717, 1.165) is 30.4 Å². The van der Waals surface area contributed by atoms with Crippen molar-refractivity contribution < 1.29 is 23.0 Å². The maximum absolute atomic E-state index is 12.1. The molecule has 2 atom stereocenters. The van der Waals surface area contributed by atoms with Crippen LogP contribution in [0.3, 0.4) is 0 Å². The van der Waals surface area contributed by atoms with E-state index >= 15 is 0 Å². The highest BCUT2D eigenvalue weighted by atomic mass is 19.4. The molecule has 1 aromatic carbocycles. The molecule has 6 heteroatoms. The first-order valence-electron chi connectivity index (χ1n) is 6.14. The topological polar surface area (TPSA) is 55.5 Å². The Bertz CT molecular complexity index is 448. The van der Waals surface area contributed by atoms with Crippen LogP contribution in [0.4, 0.5) is 13.2 Å². The van der Waals surface area contributed by atoms with Crippen molar-refractivity contribution in [1.82, 2.24) is 0 Å². The molecule has 19 heavy (non-hydrogen) atoms. The molecule has 1 aromatic rings. The number of fused-ring (bicyclic) bond motifs is 1. The Morgan fingerprint density at radius 3 is 2.84 bits per heavy atom. The lowest BCUT2D eigenvalue weighted by Crippen LogP contribution is -2.34. The lowest BCUT2D eigenvalue weighted by atomic mass is 9.88. The average Bonchev–Trinajstić information content (AvgIpc) is 2.35. The van der Waals surface area contributed by atoms with Gasteiger partial charge in [-0.1, -0.05) is 6.07 Å². The zero-order valence-electron chi connectivity index (χ0n) is 10.3. The van der Waals surface area contributed by atoms with Gasteiger partial charge in [0.1, 0.15) is 12.4 Å². The van der Waals surface area contributed by atoms with Gasteiger partial charge in [-0.05, 0) is 42.5 Å². The molecule has 0 aliphatic heterocycles. The first-order chi connectivity index (χ1) is 8.88. The standard InChI is InChI=1S/C13H16F3NO2/c14-13(15,16)12(18)7-19-9-5-4-8-2-1-3-11(17)10(8)6-9/h4-6,11-12,18H,1-3,7,17H2/t11-,12?/m1/s1. The number of nitrogens with two attached hydrogens (primary N) is 1. The zero-order valence-corrected chi connectivity index (χ0v) is 10.3. The molecule has 2 rings (SSSR count). The van der Waals surface area contributed by atoms with Gasteiger partial charge >= 0.3 is 6.18 Å². The molecule has 3 nitrogen and oxygen atoms in total. The Hall–Kier alpha value is -1.27. The summed E-state index contributed by atoms with van der Waals surface area (Å²) in [6, 6.07) is 5.01. The van der Waals surface area contributed by atoms with E-state index in [-0.39, 0.29) is 6.04 Å². The molecule has 0 fully saturated rings. The molecule has 1 aliphatic rings. The van der Waals surface area contributed by atoms with Crippen molar-refractivity contribution in [1.29, 1.82) is 0 Å². The monoisotopic (exact) mass is 275 g/mol. The van der Waals surface area contributed by atoms with Gasteiger partial charge in [0.25, 0.3) is 0 Å². The van der Waals surface area contributed by atoms with Gasteiger partial charge in [0.15, 0.2) is 6.10 Å². The van der Waals surface area contributed by atoms with Crippen LogP contribution < -0.4 is 10.5 Å². The van der Waals surface area contributed by atoms with E-state index in [4.69, 9.17) is 15.6 Å². The smallest absolute Gasteiger partial charge is 0.417 e. The van der Waals surface area contributed by atoms with E-state index in [9.17, 15) is 13.2 Å². The first kappa shape index (κ1) is 14.1. The van der Waals surface area contributed by atoms with Crippen LogP contribution in [-0.4, -0.2) is 24.0 Å². The molecular weight excluding hydrogens is 259 g/mol. The maximum atomic E-state index is 12.1. The Kier molecular flexibility index (Phi) is 4.01. The number of aliphatic hydroxyl groups excluding tert-OH is 1. The highest BCUT2D eigenvalue weighted by molar-refractivity contribution is 5.39. The van der Waals surface area contributed by atoms with Gasteiger partial charge in [0, 0.05) is 6.04 Å². The Morgan fingerprint density at radius 1 is 1.42 bits per heavy atom. The third-order valence-electron chi connectivity index (χ3n) is 3.26. The number of hydrogen-bond acceptors (Lipinski definition) is 3. The normalized spacial score (nSPS) is 20.8. The molecule has 0 amide bonds. The van der Waals surface area contributed by atoms with E-state index in [1.54, 1.807) is 12.1 Å². The molecule has 0 heterocycles. The van der Waals surface area contributed by atoms with Gasteiger partial charge in [-0.25, -0.2) is 0 Å². The quantitative estimate of drug-likeness (QED) is 0.890. The zero-order chi connectivity index (χ0) is 14.0. The molecule has 0 saturated carbocycles. The number of rotatable bonds is 3. The van der Waals surface area contributed by atoms with E-state index in [2.05, 4.69) is 0 Å². The molecular formula is C13H16F3NO2. The molecule has 1 aliphatic carbocycles. The van der Waals surface area contributed by atoms with Gasteiger partial charge < -0.3 is 15.6 Å². The van der Waals surface area contributed by atoms with Crippen LogP contribution in [-0.2, 0) is 6.42 Å². The molecule has 0 spiro atoms. The number of ether oxygens (including phenoxy) is 1. The highest BCUT2D eigenvalue weighted by Gasteiger charge is 2.38. The second-order valence-corrected chi connectivity index (χ2v) is 4.73. The van der Waals surface area contributed by atoms with Crippen LogP contribution in [0, 0.1) is 0 Å². The molecule has 0 radical (unpaired) electrons. The minimum atomic E-state index is -4.66. The van der Waals surface area contributed by atoms with Crippen molar-refractivity contribution in [2.75, 3.05) is 6.61 Å². The summed E-state index contributed by atoms with van der Waals surface area (Å²) >= 11 is 0. The number of benzene rings is 1. The third kappa shape index (κ3) is 3.39. The predicted molar refractivity (Wildman–Crippen MR) is 63.9 cm³/mol. The molecule has 0 bridgehead atoms. The van der Waals surface area contributed by atoms with E-state index < -0.39 is 18.9 Å². The number of alkyl halides is 3. The van der Waals surface area contributed by atoms with Crippen LogP contribution in [0.1, 0.15) is 30.0 Å². The van der Waals surface area contributed by atoms with Gasteiger partial charge in [-0.3, -0.25) is 0 Å². The predicted octanol–water partition coefficient (Wildman–Crippen LogP) is 2.32. The second kappa shape index (κ2) is 5.38. The summed E-state index contributed by atoms with van der Waals surface area (Å²) < 4.78 is 41.4. The van der Waals surface area contributed by atoms with Gasteiger partial charge in [0.2, 0.25) is 0 Å². The first-order valence-corrected chi connectivity index (χ1v) is 6.14. The Labute approximate surface area is 109 Å². The molecule has 3 N–H and O–H groups in total. The summed E-state index contributed by atoms with van der Waals surface area (Å²) in [6.07, 6.45) is -4.33. The second-order valence-electron chi connectivity index (χ2n) is 4.73. The van der Waals surface area contributed by atoms with Crippen LogP contribution >= 0.6 is 0 Å². The summed E-state index contributed by atoms with van der Waals surface area (Å²) in [5.74, 6) is 0.305. The molecule has 0 aromatic heterocycles. The minimum Gasteiger partial charge on any atom is -0.491 e. The van der Waals surface area contributed by atoms with E-state index in [0.29, 0.717) is 5.75 Å². The van der Waals surface area contributed by atoms with Crippen LogP contribution in [0.25, 0.3) is 0 Å². The largest absolute Gasteiger partial charge is 0.491 e. The van der Waals surface area contributed by atoms with Crippen molar-refractivity contribution in [3.8, 4) is 5.75 Å². The summed E-state index contributed by atoms with van der Waals surface area (Å²) in [4.78, 5) is 0. The molecule has 106 valence electrons. The Balaban J connectivity index is 2.04. The number of aliphatic hydroxyl groups is 1. The van der Waals surface area contributed by atoms with Crippen molar-refractivity contribution in [3.63, 3.8) is 0 Å². The van der Waals surface area contributed by atoms with Crippen molar-refractivity contribution in [2.24, 2.45) is 5.73 Å². The number of aryl methyl sites for hydroxylation is 1. The van der Waals surface area contributed by atoms with Gasteiger partial charge in [-0.2, -0.15) is 13.2 Å². The fraction of sp³-hybridized carbons (Fsp3) is 0.538. The van der Waals surface area contributed by atoms with E-state index in [1.807, 2.05) is 6.07 Å². The van der Waals surface area contributed by atoms with E-state index in [1.165, 1.54) is 0 Å². The van der Waals surface area contributed by atoms with Gasteiger partial charge in [0.05, 0.1) is 0 Å². The van der Waals surface area contributed by atoms with Crippen molar-refractivity contribution >= 4 is 0 Å². The Morgan fingerprint density at radius 2 is 2.16 bits per heavy atom. The SMILES string of the molecule is N[C@@H]1CCCc2ccc(OCC(O)C(F)(F)F)cc21. The summed E-state index contributed by atoms with van der Waals surface area (Å²) in [7, 11) is 0. The van der Waals surface area contributed by atoms with Crippen LogP contribution in [0.2, 0.25) is 0 Å². The van der Waals surface area contributed by atoms with Crippen LogP contribution in [0.5, 0.6) is 5.75 Å². The number of halogens is 3. The van der Waals surface area contributed by atoms with Gasteiger partial charge in [-0.15, -0.1) is 0 Å². The third-order valence-corrected chi connectivity index (χ3v) is 3.26. The summed E-state index contributed by atoms with van der Waals surface area (Å²) in [5, 5.41) is 8.86. The lowest BCUT2D eigenvalue weighted by molar-refractivity contribution is -0.210. The average molecular weight is 275 g/mol.